The standard InChI is InChI=1S/C11H9BrClF2NO2/c12-9-7(13)2-1-3-8(9)16-5-6-4-11(14,15)10(17)18-6/h1-3,6,16H,4-5H2. The molecular formula is C11H9BrClF2NO2. The van der Waals surface area contributed by atoms with E-state index in [0.29, 0.717) is 15.2 Å². The quantitative estimate of drug-likeness (QED) is 0.856. The third kappa shape index (κ3) is 2.75. The molecule has 0 aromatic heterocycles. The molecule has 1 aliphatic rings. The van der Waals surface area contributed by atoms with Gasteiger partial charge in [-0.1, -0.05) is 17.7 Å². The van der Waals surface area contributed by atoms with Crippen LogP contribution < -0.4 is 5.32 Å². The number of anilines is 1. The Labute approximate surface area is 116 Å². The van der Waals surface area contributed by atoms with E-state index in [1.54, 1.807) is 18.2 Å². The number of alkyl halides is 2. The minimum Gasteiger partial charge on any atom is -0.456 e. The molecule has 1 fully saturated rings. The Kier molecular flexibility index (Phi) is 3.77. The number of carbonyl (C=O) groups is 1. The van der Waals surface area contributed by atoms with Crippen LogP contribution in [-0.4, -0.2) is 24.5 Å². The van der Waals surface area contributed by atoms with E-state index in [9.17, 15) is 13.6 Å². The number of hydrogen-bond acceptors (Lipinski definition) is 3. The molecule has 1 N–H and O–H groups in total. The molecule has 1 aromatic carbocycles. The van der Waals surface area contributed by atoms with Crippen LogP contribution >= 0.6 is 27.5 Å². The summed E-state index contributed by atoms with van der Waals surface area (Å²) in [4.78, 5) is 10.8. The predicted molar refractivity (Wildman–Crippen MR) is 67.1 cm³/mol. The molecule has 1 aliphatic heterocycles. The number of hydrogen-bond donors (Lipinski definition) is 1. The molecule has 2 rings (SSSR count). The van der Waals surface area contributed by atoms with Crippen molar-refractivity contribution < 1.29 is 18.3 Å². The van der Waals surface area contributed by atoms with Gasteiger partial charge in [0.2, 0.25) is 0 Å². The molecule has 0 radical (unpaired) electrons. The highest BCUT2D eigenvalue weighted by atomic mass is 79.9. The Morgan fingerprint density at radius 3 is 2.89 bits per heavy atom. The second-order valence-electron chi connectivity index (χ2n) is 3.92. The molecule has 3 nitrogen and oxygen atoms in total. The highest BCUT2D eigenvalue weighted by Crippen LogP contribution is 2.33. The van der Waals surface area contributed by atoms with Gasteiger partial charge < -0.3 is 10.1 Å². The van der Waals surface area contributed by atoms with E-state index in [1.807, 2.05) is 0 Å². The van der Waals surface area contributed by atoms with Crippen LogP contribution in [0, 0.1) is 0 Å². The molecule has 0 spiro atoms. The molecule has 0 saturated carbocycles. The van der Waals surface area contributed by atoms with Crippen LogP contribution in [0.15, 0.2) is 22.7 Å². The van der Waals surface area contributed by atoms with Crippen molar-refractivity contribution in [1.82, 2.24) is 0 Å². The molecule has 0 aliphatic carbocycles. The third-order valence-electron chi connectivity index (χ3n) is 2.53. The van der Waals surface area contributed by atoms with E-state index in [2.05, 4.69) is 26.0 Å². The van der Waals surface area contributed by atoms with Gasteiger partial charge in [-0.05, 0) is 28.1 Å². The van der Waals surface area contributed by atoms with Gasteiger partial charge in [0.05, 0.1) is 28.1 Å². The first kappa shape index (κ1) is 13.5. The zero-order chi connectivity index (χ0) is 13.3. The predicted octanol–water partition coefficient (Wildman–Crippen LogP) is 3.47. The largest absolute Gasteiger partial charge is 0.456 e. The molecule has 1 heterocycles. The molecule has 1 aromatic rings. The van der Waals surface area contributed by atoms with Gasteiger partial charge in [0.15, 0.2) is 0 Å². The van der Waals surface area contributed by atoms with Crippen molar-refractivity contribution in [3.63, 3.8) is 0 Å². The fourth-order valence-corrected chi connectivity index (χ4v) is 2.21. The van der Waals surface area contributed by atoms with Crippen LogP contribution in [0.25, 0.3) is 0 Å². The second-order valence-corrected chi connectivity index (χ2v) is 5.12. The molecule has 7 heteroatoms. The summed E-state index contributed by atoms with van der Waals surface area (Å²) in [5.74, 6) is -4.84. The second kappa shape index (κ2) is 5.01. The van der Waals surface area contributed by atoms with Crippen molar-refractivity contribution in [2.24, 2.45) is 0 Å². The number of benzene rings is 1. The number of carbonyl (C=O) groups excluding carboxylic acids is 1. The average Bonchev–Trinajstić information content (AvgIpc) is 2.55. The van der Waals surface area contributed by atoms with E-state index < -0.39 is 24.4 Å². The number of nitrogens with one attached hydrogen (secondary N) is 1. The lowest BCUT2D eigenvalue weighted by Gasteiger charge is -2.13. The lowest BCUT2D eigenvalue weighted by molar-refractivity contribution is -0.158. The SMILES string of the molecule is O=C1OC(CNc2cccc(Cl)c2Br)CC1(F)F. The van der Waals surface area contributed by atoms with Crippen molar-refractivity contribution in [2.45, 2.75) is 18.4 Å². The van der Waals surface area contributed by atoms with E-state index in [4.69, 9.17) is 11.6 Å². The van der Waals surface area contributed by atoms with Gasteiger partial charge in [0.1, 0.15) is 6.10 Å². The van der Waals surface area contributed by atoms with Crippen molar-refractivity contribution >= 4 is 39.2 Å². The smallest absolute Gasteiger partial charge is 0.377 e. The first-order valence-corrected chi connectivity index (χ1v) is 6.34. The van der Waals surface area contributed by atoms with Gasteiger partial charge >= 0.3 is 11.9 Å². The maximum atomic E-state index is 12.9. The average molecular weight is 341 g/mol. The molecule has 18 heavy (non-hydrogen) atoms. The monoisotopic (exact) mass is 339 g/mol. The zero-order valence-corrected chi connectivity index (χ0v) is 11.4. The Morgan fingerprint density at radius 2 is 2.28 bits per heavy atom. The summed E-state index contributed by atoms with van der Waals surface area (Å²) in [7, 11) is 0. The van der Waals surface area contributed by atoms with Gasteiger partial charge in [-0.3, -0.25) is 0 Å². The van der Waals surface area contributed by atoms with Gasteiger partial charge in [0.25, 0.3) is 0 Å². The van der Waals surface area contributed by atoms with Crippen molar-refractivity contribution in [2.75, 3.05) is 11.9 Å². The first-order valence-electron chi connectivity index (χ1n) is 5.17. The lowest BCUT2D eigenvalue weighted by atomic mass is 10.2. The summed E-state index contributed by atoms with van der Waals surface area (Å²) >= 11 is 9.16. The van der Waals surface area contributed by atoms with Gasteiger partial charge in [-0.15, -0.1) is 0 Å². The highest BCUT2D eigenvalue weighted by molar-refractivity contribution is 9.10. The maximum Gasteiger partial charge on any atom is 0.377 e. The molecule has 1 atom stereocenters. The van der Waals surface area contributed by atoms with Crippen LogP contribution in [0.1, 0.15) is 6.42 Å². The van der Waals surface area contributed by atoms with Crippen molar-refractivity contribution in [3.8, 4) is 0 Å². The summed E-state index contributed by atoms with van der Waals surface area (Å²) in [6, 6.07) is 5.16. The Bertz CT molecular complexity index is 484. The van der Waals surface area contributed by atoms with Gasteiger partial charge in [-0.2, -0.15) is 8.78 Å². The van der Waals surface area contributed by atoms with Crippen molar-refractivity contribution in [3.05, 3.63) is 27.7 Å². The number of rotatable bonds is 3. The van der Waals surface area contributed by atoms with Crippen molar-refractivity contribution in [1.29, 1.82) is 0 Å². The summed E-state index contributed by atoms with van der Waals surface area (Å²) < 4.78 is 31.1. The summed E-state index contributed by atoms with van der Waals surface area (Å²) in [5.41, 5.74) is 0.661. The summed E-state index contributed by atoms with van der Waals surface area (Å²) in [6.45, 7) is 0.111. The zero-order valence-electron chi connectivity index (χ0n) is 9.05. The molecule has 1 saturated heterocycles. The molecule has 98 valence electrons. The van der Waals surface area contributed by atoms with Crippen LogP contribution in [0.2, 0.25) is 5.02 Å². The highest BCUT2D eigenvalue weighted by Gasteiger charge is 2.50. The molecule has 0 bridgehead atoms. The van der Waals surface area contributed by atoms with E-state index in [-0.39, 0.29) is 6.54 Å². The molecule has 1 unspecified atom stereocenters. The minimum absolute atomic E-state index is 0.111. The van der Waals surface area contributed by atoms with Gasteiger partial charge in [0, 0.05) is 0 Å². The fourth-order valence-electron chi connectivity index (χ4n) is 1.63. The van der Waals surface area contributed by atoms with Crippen LogP contribution in [-0.2, 0) is 9.53 Å². The summed E-state index contributed by atoms with van der Waals surface area (Å²) in [6.07, 6.45) is -1.44. The Balaban J connectivity index is 1.97. The minimum atomic E-state index is -3.38. The number of ether oxygens (including phenoxy) is 1. The van der Waals surface area contributed by atoms with Crippen LogP contribution in [0.3, 0.4) is 0 Å². The first-order chi connectivity index (χ1) is 8.40. The van der Waals surface area contributed by atoms with Crippen LogP contribution in [0.4, 0.5) is 14.5 Å². The fraction of sp³-hybridized carbons (Fsp3) is 0.364. The maximum absolute atomic E-state index is 12.9. The Morgan fingerprint density at radius 1 is 1.56 bits per heavy atom. The number of cyclic esters (lactones) is 1. The van der Waals surface area contributed by atoms with E-state index in [1.165, 1.54) is 0 Å². The number of halogens is 4. The molecular weight excluding hydrogens is 331 g/mol. The van der Waals surface area contributed by atoms with Gasteiger partial charge in [-0.25, -0.2) is 4.79 Å². The topological polar surface area (TPSA) is 38.3 Å². The normalized spacial score (nSPS) is 21.8. The third-order valence-corrected chi connectivity index (χ3v) is 3.93. The van der Waals surface area contributed by atoms with E-state index in [0.717, 1.165) is 0 Å². The van der Waals surface area contributed by atoms with Crippen LogP contribution in [0.5, 0.6) is 0 Å². The Hall–Kier alpha value is -0.880. The van der Waals surface area contributed by atoms with E-state index >= 15 is 0 Å². The number of esters is 1. The summed E-state index contributed by atoms with van der Waals surface area (Å²) in [5, 5.41) is 3.42. The lowest BCUT2D eigenvalue weighted by Crippen LogP contribution is -2.22. The molecule has 0 amide bonds.